The van der Waals surface area contributed by atoms with Gasteiger partial charge in [-0.25, -0.2) is 9.97 Å². The van der Waals surface area contributed by atoms with Gasteiger partial charge in [-0.2, -0.15) is 9.61 Å². The lowest BCUT2D eigenvalue weighted by atomic mass is 10.1. The monoisotopic (exact) mass is 312 g/mol. The molecule has 1 aliphatic rings. The van der Waals surface area contributed by atoms with Crippen LogP contribution in [0, 0.1) is 5.92 Å². The van der Waals surface area contributed by atoms with Gasteiger partial charge in [0.2, 0.25) is 5.95 Å². The molecule has 9 nitrogen and oxygen atoms in total. The minimum absolute atomic E-state index is 0.0237. The fourth-order valence-electron chi connectivity index (χ4n) is 2.68. The Hall–Kier alpha value is -1.67. The smallest absolute Gasteiger partial charge is 0.396 e. The van der Waals surface area contributed by atoms with Gasteiger partial charge in [0.1, 0.15) is 12.4 Å². The van der Waals surface area contributed by atoms with Gasteiger partial charge in [-0.3, -0.25) is 0 Å². The first-order valence-electron chi connectivity index (χ1n) is 6.52. The van der Waals surface area contributed by atoms with Crippen molar-refractivity contribution in [1.82, 2.24) is 19.6 Å². The van der Waals surface area contributed by atoms with Gasteiger partial charge < -0.3 is 10.4 Å². The number of aromatic nitrogens is 4. The van der Waals surface area contributed by atoms with Gasteiger partial charge in [0, 0.05) is 29.2 Å². The van der Waals surface area contributed by atoms with E-state index in [1.54, 1.807) is 16.8 Å². The van der Waals surface area contributed by atoms with Crippen LogP contribution < -0.4 is 5.32 Å². The lowest BCUT2D eigenvalue weighted by molar-refractivity contribution is 0.106. The highest BCUT2D eigenvalue weighted by molar-refractivity contribution is 7.32. The molecule has 0 bridgehead atoms. The molecule has 0 spiro atoms. The number of nitrogens with zero attached hydrogens (tertiary/aromatic N) is 4. The number of anilines is 1. The Bertz CT molecular complexity index is 650. The molecule has 0 amide bonds. The molecular weight excluding hydrogens is 297 g/mol. The number of fused-ring (bicyclic) bond motifs is 1. The molecule has 0 saturated heterocycles. The van der Waals surface area contributed by atoms with Gasteiger partial charge in [-0.1, -0.05) is 0 Å². The second-order valence-corrected chi connectivity index (χ2v) is 5.62. The minimum Gasteiger partial charge on any atom is -0.396 e. The molecule has 2 aromatic rings. The Morgan fingerprint density at radius 1 is 1.48 bits per heavy atom. The van der Waals surface area contributed by atoms with Crippen LogP contribution in [0.2, 0.25) is 0 Å². The van der Waals surface area contributed by atoms with Crippen LogP contribution in [0.4, 0.5) is 5.95 Å². The van der Waals surface area contributed by atoms with E-state index in [0.717, 1.165) is 0 Å². The van der Waals surface area contributed by atoms with Crippen molar-refractivity contribution in [3.05, 3.63) is 18.6 Å². The second-order valence-electron chi connectivity index (χ2n) is 4.94. The number of aliphatic hydroxyl groups is 1. The number of hydrogen-bond acceptors (Lipinski definition) is 7. The molecule has 0 aromatic carbocycles. The van der Waals surface area contributed by atoms with Gasteiger partial charge in [-0.15, -0.1) is 9.42 Å². The maximum atomic E-state index is 10.8. The minimum atomic E-state index is -2.67. The first-order chi connectivity index (χ1) is 10.2. The molecule has 0 aliphatic heterocycles. The van der Waals surface area contributed by atoms with Crippen molar-refractivity contribution in [1.29, 1.82) is 0 Å². The molecule has 1 saturated carbocycles. The summed E-state index contributed by atoms with van der Waals surface area (Å²) in [6.45, 7) is -0.0903. The molecule has 1 unspecified atom stereocenters. The maximum absolute atomic E-state index is 10.8. The summed E-state index contributed by atoms with van der Waals surface area (Å²) < 4.78 is 17.4. The molecule has 2 heterocycles. The fourth-order valence-corrected chi connectivity index (χ4v) is 3.17. The molecule has 112 valence electrons. The molecule has 2 aromatic heterocycles. The summed E-state index contributed by atoms with van der Waals surface area (Å²) in [5.74, 6) is 0.365. The highest BCUT2D eigenvalue weighted by atomic mass is 31.1. The molecule has 1 fully saturated rings. The standard InChI is InChI=1S/C11H14N5O4P/c17-5-7-3-8(4-9(7)20-21(18)19)15-11-13-6-12-10-1-2-14-16(10)11/h1-2,6-9,17H,3-5H2,(H-,12,13,15,18,19)/p+1/t7-,8-,9+/m1/s1. The van der Waals surface area contributed by atoms with Crippen molar-refractivity contribution >= 4 is 19.9 Å². The highest BCUT2D eigenvalue weighted by Crippen LogP contribution is 2.35. The largest absolute Gasteiger partial charge is 0.695 e. The lowest BCUT2D eigenvalue weighted by Gasteiger charge is -2.13. The third kappa shape index (κ3) is 3.01. The van der Waals surface area contributed by atoms with E-state index in [2.05, 4.69) is 20.4 Å². The fraction of sp³-hybridized carbons (Fsp3) is 0.545. The summed E-state index contributed by atoms with van der Waals surface area (Å²) >= 11 is 0. The van der Waals surface area contributed by atoms with E-state index in [0.29, 0.717) is 24.4 Å². The summed E-state index contributed by atoms with van der Waals surface area (Å²) in [6.07, 6.45) is 3.76. The van der Waals surface area contributed by atoms with Gasteiger partial charge >= 0.3 is 8.25 Å². The van der Waals surface area contributed by atoms with Crippen LogP contribution in [-0.4, -0.2) is 48.3 Å². The van der Waals surface area contributed by atoms with Gasteiger partial charge in [0.05, 0.1) is 6.20 Å². The molecule has 3 rings (SSSR count). The number of rotatable bonds is 5. The van der Waals surface area contributed by atoms with Crippen molar-refractivity contribution in [2.45, 2.75) is 25.0 Å². The second kappa shape index (κ2) is 5.98. The molecular formula is C11H15N5O4P+. The average molecular weight is 312 g/mol. The maximum Gasteiger partial charge on any atom is 0.695 e. The Balaban J connectivity index is 1.74. The summed E-state index contributed by atoms with van der Waals surface area (Å²) in [6, 6.07) is 1.74. The van der Waals surface area contributed by atoms with Crippen LogP contribution in [-0.2, 0) is 9.09 Å². The van der Waals surface area contributed by atoms with E-state index in [-0.39, 0.29) is 18.6 Å². The Morgan fingerprint density at radius 2 is 2.33 bits per heavy atom. The first-order valence-corrected chi connectivity index (χ1v) is 7.65. The normalized spacial score (nSPS) is 26.2. The van der Waals surface area contributed by atoms with E-state index in [1.165, 1.54) is 6.33 Å². The summed E-state index contributed by atoms with van der Waals surface area (Å²) in [4.78, 5) is 17.1. The van der Waals surface area contributed by atoms with Crippen LogP contribution in [0.5, 0.6) is 0 Å². The van der Waals surface area contributed by atoms with Crippen molar-refractivity contribution in [2.24, 2.45) is 5.92 Å². The van der Waals surface area contributed by atoms with Gasteiger partial charge in [0.25, 0.3) is 0 Å². The van der Waals surface area contributed by atoms with Gasteiger partial charge in [-0.05, 0) is 12.8 Å². The SMILES string of the molecule is O=[P+](O)O[C@H]1C[C@H](Nc2ncnc3ccnn23)C[C@@H]1CO. The Kier molecular flexibility index (Phi) is 4.07. The van der Waals surface area contributed by atoms with Crippen molar-refractivity contribution in [2.75, 3.05) is 11.9 Å². The van der Waals surface area contributed by atoms with E-state index >= 15 is 0 Å². The average Bonchev–Trinajstić information content (AvgIpc) is 3.05. The first kappa shape index (κ1) is 14.3. The number of nitrogens with one attached hydrogen (secondary N) is 1. The third-order valence-electron chi connectivity index (χ3n) is 3.62. The van der Waals surface area contributed by atoms with Crippen LogP contribution in [0.1, 0.15) is 12.8 Å². The lowest BCUT2D eigenvalue weighted by Crippen LogP contribution is -2.20. The van der Waals surface area contributed by atoms with E-state index in [1.807, 2.05) is 0 Å². The zero-order chi connectivity index (χ0) is 14.8. The summed E-state index contributed by atoms with van der Waals surface area (Å²) in [7, 11) is -2.67. The summed E-state index contributed by atoms with van der Waals surface area (Å²) in [5, 5.41) is 16.7. The van der Waals surface area contributed by atoms with Crippen molar-refractivity contribution < 1.29 is 19.1 Å². The van der Waals surface area contributed by atoms with Crippen LogP contribution in [0.3, 0.4) is 0 Å². The van der Waals surface area contributed by atoms with Gasteiger partial charge in [0.15, 0.2) is 5.65 Å². The Morgan fingerprint density at radius 3 is 3.10 bits per heavy atom. The zero-order valence-electron chi connectivity index (χ0n) is 11.0. The molecule has 21 heavy (non-hydrogen) atoms. The van der Waals surface area contributed by atoms with E-state index < -0.39 is 14.4 Å². The molecule has 4 atom stereocenters. The predicted molar refractivity (Wildman–Crippen MR) is 72.7 cm³/mol. The predicted octanol–water partition coefficient (Wildman–Crippen LogP) is 0.342. The molecule has 10 heteroatoms. The van der Waals surface area contributed by atoms with Crippen LogP contribution >= 0.6 is 8.25 Å². The number of aliphatic hydroxyl groups excluding tert-OH is 1. The number of hydrogen-bond donors (Lipinski definition) is 3. The van der Waals surface area contributed by atoms with E-state index in [9.17, 15) is 9.67 Å². The Labute approximate surface area is 120 Å². The van der Waals surface area contributed by atoms with Crippen LogP contribution in [0.15, 0.2) is 18.6 Å². The molecule has 3 N–H and O–H groups in total. The third-order valence-corrected chi connectivity index (χ3v) is 4.07. The highest BCUT2D eigenvalue weighted by Gasteiger charge is 2.40. The van der Waals surface area contributed by atoms with E-state index in [4.69, 9.17) is 9.42 Å². The zero-order valence-corrected chi connectivity index (χ0v) is 11.9. The topological polar surface area (TPSA) is 122 Å². The summed E-state index contributed by atoms with van der Waals surface area (Å²) in [5.41, 5.74) is 0.676. The van der Waals surface area contributed by atoms with Crippen molar-refractivity contribution in [3.8, 4) is 0 Å². The van der Waals surface area contributed by atoms with Crippen LogP contribution in [0.25, 0.3) is 5.65 Å². The quantitative estimate of drug-likeness (QED) is 0.676. The molecule has 1 aliphatic carbocycles. The molecule has 0 radical (unpaired) electrons. The van der Waals surface area contributed by atoms with Crippen molar-refractivity contribution in [3.63, 3.8) is 0 Å².